The second kappa shape index (κ2) is 10.3. The monoisotopic (exact) mass is 394 g/mol. The summed E-state index contributed by atoms with van der Waals surface area (Å²) in [5.74, 6) is 1.91. The number of guanidine groups is 1. The van der Waals surface area contributed by atoms with Crippen molar-refractivity contribution in [1.29, 1.82) is 0 Å². The van der Waals surface area contributed by atoms with Crippen molar-refractivity contribution in [3.8, 4) is 0 Å². The van der Waals surface area contributed by atoms with Crippen molar-refractivity contribution in [3.63, 3.8) is 0 Å². The van der Waals surface area contributed by atoms with Crippen molar-refractivity contribution in [3.05, 3.63) is 35.6 Å². The molecule has 1 aromatic carbocycles. The number of ether oxygens (including phenoxy) is 1. The smallest absolute Gasteiger partial charge is 0.193 e. The summed E-state index contributed by atoms with van der Waals surface area (Å²) in [5, 5.41) is 4.26. The molecule has 2 heterocycles. The van der Waals surface area contributed by atoms with Crippen LogP contribution in [0.1, 0.15) is 24.9 Å². The molecule has 2 unspecified atom stereocenters. The molecule has 1 N–H and O–H groups in total. The van der Waals surface area contributed by atoms with Gasteiger partial charge < -0.3 is 15.0 Å². The summed E-state index contributed by atoms with van der Waals surface area (Å²) in [6.45, 7) is 8.33. The SMILES string of the molecule is CCC1CN(C(=NC)NCC(c2ccc(F)cc2)N2CCOCC2)CCS1. The summed E-state index contributed by atoms with van der Waals surface area (Å²) in [6, 6.07) is 7.05. The lowest BCUT2D eigenvalue weighted by Gasteiger charge is -2.37. The van der Waals surface area contributed by atoms with Gasteiger partial charge in [-0.2, -0.15) is 11.8 Å². The minimum absolute atomic E-state index is 0.174. The summed E-state index contributed by atoms with van der Waals surface area (Å²) < 4.78 is 18.9. The summed E-state index contributed by atoms with van der Waals surface area (Å²) in [6.07, 6.45) is 1.18. The van der Waals surface area contributed by atoms with Crippen LogP contribution in [0.15, 0.2) is 29.3 Å². The van der Waals surface area contributed by atoms with E-state index in [1.807, 2.05) is 19.2 Å². The minimum Gasteiger partial charge on any atom is -0.379 e. The first-order chi connectivity index (χ1) is 13.2. The van der Waals surface area contributed by atoms with Crippen LogP contribution in [0.4, 0.5) is 4.39 Å². The van der Waals surface area contributed by atoms with Crippen molar-refractivity contribution in [2.75, 3.05) is 58.7 Å². The standard InChI is InChI=1S/C20H31FN4OS/c1-3-18-15-25(10-13-27-18)20(22-2)23-14-19(24-8-11-26-12-9-24)16-4-6-17(21)7-5-16/h4-7,18-19H,3,8-15H2,1-2H3,(H,22,23). The molecule has 3 rings (SSSR count). The Bertz CT molecular complexity index is 607. The molecule has 0 radical (unpaired) electrons. The topological polar surface area (TPSA) is 40.1 Å². The van der Waals surface area contributed by atoms with Crippen molar-refractivity contribution >= 4 is 17.7 Å². The number of thioether (sulfide) groups is 1. The molecule has 5 nitrogen and oxygen atoms in total. The largest absolute Gasteiger partial charge is 0.379 e. The molecule has 0 aromatic heterocycles. The van der Waals surface area contributed by atoms with Gasteiger partial charge in [-0.05, 0) is 24.1 Å². The quantitative estimate of drug-likeness (QED) is 0.614. The lowest BCUT2D eigenvalue weighted by Crippen LogP contribution is -2.50. The van der Waals surface area contributed by atoms with Crippen molar-refractivity contribution < 1.29 is 9.13 Å². The normalized spacial score (nSPS) is 23.3. The van der Waals surface area contributed by atoms with Crippen LogP contribution >= 0.6 is 11.8 Å². The summed E-state index contributed by atoms with van der Waals surface area (Å²) in [5.41, 5.74) is 1.13. The number of aliphatic imine (C=N–C) groups is 1. The zero-order valence-electron chi connectivity index (χ0n) is 16.4. The minimum atomic E-state index is -0.195. The molecule has 2 saturated heterocycles. The zero-order chi connectivity index (χ0) is 19.1. The number of rotatable bonds is 5. The number of hydrogen-bond acceptors (Lipinski definition) is 4. The molecular formula is C20H31FN4OS. The maximum Gasteiger partial charge on any atom is 0.193 e. The highest BCUT2D eigenvalue weighted by atomic mass is 32.2. The molecule has 7 heteroatoms. The summed E-state index contributed by atoms with van der Waals surface area (Å²) in [7, 11) is 1.85. The molecule has 0 saturated carbocycles. The molecular weight excluding hydrogens is 363 g/mol. The predicted molar refractivity (Wildman–Crippen MR) is 111 cm³/mol. The first kappa shape index (κ1) is 20.4. The van der Waals surface area contributed by atoms with E-state index in [1.54, 1.807) is 12.1 Å². The van der Waals surface area contributed by atoms with E-state index in [0.29, 0.717) is 5.25 Å². The third-order valence-electron chi connectivity index (χ3n) is 5.30. The molecule has 0 amide bonds. The first-order valence-corrected chi connectivity index (χ1v) is 10.9. The Morgan fingerprint density at radius 3 is 2.70 bits per heavy atom. The van der Waals surface area contributed by atoms with Crippen LogP contribution in [0.5, 0.6) is 0 Å². The fraction of sp³-hybridized carbons (Fsp3) is 0.650. The van der Waals surface area contributed by atoms with E-state index < -0.39 is 0 Å². The highest BCUT2D eigenvalue weighted by Gasteiger charge is 2.25. The molecule has 2 aliphatic rings. The van der Waals surface area contributed by atoms with Gasteiger partial charge in [-0.15, -0.1) is 0 Å². The van der Waals surface area contributed by atoms with Gasteiger partial charge in [0.2, 0.25) is 0 Å². The third-order valence-corrected chi connectivity index (χ3v) is 6.67. The average Bonchev–Trinajstić information content (AvgIpc) is 2.73. The van der Waals surface area contributed by atoms with Crippen LogP contribution in [0.3, 0.4) is 0 Å². The number of halogens is 1. The Labute approximate surface area is 166 Å². The van der Waals surface area contributed by atoms with Crippen LogP contribution in [0.2, 0.25) is 0 Å². The predicted octanol–water partition coefficient (Wildman–Crippen LogP) is 2.60. The maximum absolute atomic E-state index is 13.4. The van der Waals surface area contributed by atoms with Gasteiger partial charge in [-0.1, -0.05) is 19.1 Å². The van der Waals surface area contributed by atoms with Crippen LogP contribution in [0, 0.1) is 5.82 Å². The van der Waals surface area contributed by atoms with Gasteiger partial charge in [0.05, 0.1) is 19.3 Å². The first-order valence-electron chi connectivity index (χ1n) is 9.85. The molecule has 0 aliphatic carbocycles. The van der Waals surface area contributed by atoms with Crippen LogP contribution in [-0.4, -0.2) is 79.7 Å². The molecule has 0 spiro atoms. The van der Waals surface area contributed by atoms with Crippen molar-refractivity contribution in [2.24, 2.45) is 4.99 Å². The van der Waals surface area contributed by atoms with E-state index in [2.05, 4.69) is 38.8 Å². The molecule has 2 atom stereocenters. The molecule has 0 bridgehead atoms. The van der Waals surface area contributed by atoms with Gasteiger partial charge in [0.15, 0.2) is 5.96 Å². The Balaban J connectivity index is 1.68. The molecule has 1 aromatic rings. The van der Waals surface area contributed by atoms with Gasteiger partial charge in [-0.25, -0.2) is 4.39 Å². The van der Waals surface area contributed by atoms with Gasteiger partial charge >= 0.3 is 0 Å². The molecule has 150 valence electrons. The van der Waals surface area contributed by atoms with Crippen LogP contribution in [0.25, 0.3) is 0 Å². The molecule has 2 fully saturated rings. The Hall–Kier alpha value is -1.31. The second-order valence-electron chi connectivity index (χ2n) is 6.99. The van der Waals surface area contributed by atoms with Crippen LogP contribution < -0.4 is 5.32 Å². The lowest BCUT2D eigenvalue weighted by molar-refractivity contribution is 0.0169. The summed E-state index contributed by atoms with van der Waals surface area (Å²) in [4.78, 5) is 9.31. The van der Waals surface area contributed by atoms with E-state index in [0.717, 1.165) is 63.2 Å². The number of benzene rings is 1. The average molecular weight is 395 g/mol. The second-order valence-corrected chi connectivity index (χ2v) is 8.40. The number of nitrogens with one attached hydrogen (secondary N) is 1. The highest BCUT2D eigenvalue weighted by molar-refractivity contribution is 8.00. The van der Waals surface area contributed by atoms with Crippen molar-refractivity contribution in [1.82, 2.24) is 15.1 Å². The Kier molecular flexibility index (Phi) is 7.79. The Morgan fingerprint density at radius 1 is 1.30 bits per heavy atom. The maximum atomic E-state index is 13.4. The lowest BCUT2D eigenvalue weighted by atomic mass is 10.0. The van der Waals surface area contributed by atoms with Gasteiger partial charge in [-0.3, -0.25) is 9.89 Å². The number of nitrogens with zero attached hydrogens (tertiary/aromatic N) is 3. The molecule has 27 heavy (non-hydrogen) atoms. The van der Waals surface area contributed by atoms with E-state index >= 15 is 0 Å². The fourth-order valence-corrected chi connectivity index (χ4v) is 4.89. The number of hydrogen-bond donors (Lipinski definition) is 1. The Morgan fingerprint density at radius 2 is 2.04 bits per heavy atom. The third kappa shape index (κ3) is 5.59. The van der Waals surface area contributed by atoms with Gasteiger partial charge in [0.1, 0.15) is 5.82 Å². The highest BCUT2D eigenvalue weighted by Crippen LogP contribution is 2.23. The number of morpholine rings is 1. The van der Waals surface area contributed by atoms with Crippen molar-refractivity contribution in [2.45, 2.75) is 24.6 Å². The fourth-order valence-electron chi connectivity index (χ4n) is 3.71. The van der Waals surface area contributed by atoms with E-state index in [-0.39, 0.29) is 11.9 Å². The van der Waals surface area contributed by atoms with E-state index in [1.165, 1.54) is 6.42 Å². The van der Waals surface area contributed by atoms with Gasteiger partial charge in [0.25, 0.3) is 0 Å². The van der Waals surface area contributed by atoms with E-state index in [9.17, 15) is 4.39 Å². The molecule has 2 aliphatic heterocycles. The van der Waals surface area contributed by atoms with E-state index in [4.69, 9.17) is 4.74 Å². The zero-order valence-corrected chi connectivity index (χ0v) is 17.2. The van der Waals surface area contributed by atoms with Crippen LogP contribution in [-0.2, 0) is 4.74 Å². The summed E-state index contributed by atoms with van der Waals surface area (Å²) >= 11 is 2.06. The van der Waals surface area contributed by atoms with Gasteiger partial charge in [0, 0.05) is 50.8 Å².